The van der Waals surface area contributed by atoms with E-state index in [1.807, 2.05) is 0 Å². The van der Waals surface area contributed by atoms with Gasteiger partial charge in [0.25, 0.3) is 11.1 Å². The largest absolute Gasteiger partial charge is 0.493 e. The second kappa shape index (κ2) is 10.1. The number of carbonyl (C=O) groups is 2. The van der Waals surface area contributed by atoms with Crippen LogP contribution in [0.2, 0.25) is 5.02 Å². The lowest BCUT2D eigenvalue weighted by Crippen LogP contribution is -2.27. The number of ether oxygens (including phenoxy) is 1. The van der Waals surface area contributed by atoms with Crippen molar-refractivity contribution in [2.24, 2.45) is 0 Å². The number of hydrogen-bond acceptors (Lipinski definition) is 7. The summed E-state index contributed by atoms with van der Waals surface area (Å²) in [6.07, 6.45) is 1.50. The maximum atomic E-state index is 13.1. The molecule has 0 saturated carbocycles. The first kappa shape index (κ1) is 24.8. The molecule has 1 heterocycles. The van der Waals surface area contributed by atoms with Crippen molar-refractivity contribution in [2.45, 2.75) is 11.4 Å². The highest BCUT2D eigenvalue weighted by atomic mass is 35.5. The molecule has 1 aliphatic rings. The first-order valence-electron chi connectivity index (χ1n) is 10.0. The Bertz CT molecular complexity index is 1440. The minimum atomic E-state index is -4.24. The Hall–Kier alpha value is -3.34. The number of halogens is 2. The molecule has 35 heavy (non-hydrogen) atoms. The lowest BCUT2D eigenvalue weighted by atomic mass is 10.1. The SMILES string of the molecule is COc1cc(/C=C2\SC(=O)N(Cc3cccc(Cl)c3)C2=O)ccc1OS(=O)(=O)c1ccc(F)cc1. The van der Waals surface area contributed by atoms with Crippen molar-refractivity contribution in [2.75, 3.05) is 7.11 Å². The molecule has 180 valence electrons. The second-order valence-electron chi connectivity index (χ2n) is 7.30. The van der Waals surface area contributed by atoms with Crippen LogP contribution in [0.3, 0.4) is 0 Å². The highest BCUT2D eigenvalue weighted by molar-refractivity contribution is 8.18. The zero-order valence-electron chi connectivity index (χ0n) is 18.1. The van der Waals surface area contributed by atoms with Crippen LogP contribution >= 0.6 is 23.4 Å². The van der Waals surface area contributed by atoms with E-state index in [0.29, 0.717) is 16.1 Å². The Kier molecular flexibility index (Phi) is 7.15. The van der Waals surface area contributed by atoms with Crippen LogP contribution in [0.15, 0.2) is 76.5 Å². The van der Waals surface area contributed by atoms with Crippen LogP contribution in [0.25, 0.3) is 6.08 Å². The maximum Gasteiger partial charge on any atom is 0.339 e. The molecular formula is C24H17ClFNO6S2. The van der Waals surface area contributed by atoms with Crippen molar-refractivity contribution in [3.63, 3.8) is 0 Å². The Labute approximate surface area is 210 Å². The Morgan fingerprint density at radius 2 is 1.77 bits per heavy atom. The number of benzene rings is 3. The molecule has 0 N–H and O–H groups in total. The van der Waals surface area contributed by atoms with Gasteiger partial charge in [-0.15, -0.1) is 0 Å². The third kappa shape index (κ3) is 5.67. The van der Waals surface area contributed by atoms with Crippen molar-refractivity contribution >= 4 is 50.7 Å². The smallest absolute Gasteiger partial charge is 0.339 e. The Morgan fingerprint density at radius 3 is 2.46 bits per heavy atom. The minimum absolute atomic E-state index is 0.0832. The molecule has 2 amide bonds. The summed E-state index contributed by atoms with van der Waals surface area (Å²) in [4.78, 5) is 26.3. The quantitative estimate of drug-likeness (QED) is 0.293. The molecule has 3 aromatic carbocycles. The predicted octanol–water partition coefficient (Wildman–Crippen LogP) is 5.49. The van der Waals surface area contributed by atoms with E-state index in [9.17, 15) is 22.4 Å². The van der Waals surface area contributed by atoms with Crippen LogP contribution in [0.4, 0.5) is 9.18 Å². The fraction of sp³-hybridized carbons (Fsp3) is 0.0833. The summed E-state index contributed by atoms with van der Waals surface area (Å²) in [6, 6.07) is 15.4. The lowest BCUT2D eigenvalue weighted by Gasteiger charge is -2.12. The summed E-state index contributed by atoms with van der Waals surface area (Å²) < 4.78 is 48.6. The number of amides is 2. The van der Waals surface area contributed by atoms with Crippen molar-refractivity contribution < 1.29 is 31.3 Å². The topological polar surface area (TPSA) is 90.0 Å². The van der Waals surface area contributed by atoms with Gasteiger partial charge in [-0.1, -0.05) is 29.8 Å². The fourth-order valence-corrected chi connectivity index (χ4v) is 5.21. The molecule has 11 heteroatoms. The highest BCUT2D eigenvalue weighted by Crippen LogP contribution is 2.36. The molecular weight excluding hydrogens is 517 g/mol. The molecule has 0 bridgehead atoms. The first-order valence-corrected chi connectivity index (χ1v) is 12.6. The minimum Gasteiger partial charge on any atom is -0.493 e. The zero-order chi connectivity index (χ0) is 25.2. The second-order valence-corrected chi connectivity index (χ2v) is 10.3. The number of hydrogen-bond donors (Lipinski definition) is 0. The Morgan fingerprint density at radius 1 is 1.03 bits per heavy atom. The summed E-state index contributed by atoms with van der Waals surface area (Å²) in [5.74, 6) is -1.05. The average molecular weight is 534 g/mol. The van der Waals surface area contributed by atoms with Gasteiger partial charge in [0.05, 0.1) is 18.6 Å². The predicted molar refractivity (Wildman–Crippen MR) is 130 cm³/mol. The standard InChI is InChI=1S/C24H17ClFNO6S2/c1-32-21-12-15(5-10-20(21)33-35(30,31)19-8-6-18(26)7-9-19)13-22-23(28)27(24(29)34-22)14-16-3-2-4-17(25)11-16/h2-13H,14H2,1H3/b22-13-. The molecule has 0 aromatic heterocycles. The van der Waals surface area contributed by atoms with Crippen molar-refractivity contribution in [3.05, 3.63) is 93.6 Å². The van der Waals surface area contributed by atoms with Gasteiger partial charge in [0.1, 0.15) is 10.7 Å². The lowest BCUT2D eigenvalue weighted by molar-refractivity contribution is -0.123. The van der Waals surface area contributed by atoms with Crippen molar-refractivity contribution in [1.29, 1.82) is 0 Å². The molecule has 0 unspecified atom stereocenters. The van der Waals surface area contributed by atoms with E-state index in [1.165, 1.54) is 31.4 Å². The van der Waals surface area contributed by atoms with Gasteiger partial charge in [-0.2, -0.15) is 8.42 Å². The number of imide groups is 1. The van der Waals surface area contributed by atoms with E-state index in [2.05, 4.69) is 0 Å². The molecule has 0 aliphatic carbocycles. The van der Waals surface area contributed by atoms with Crippen molar-refractivity contribution in [1.82, 2.24) is 4.90 Å². The van der Waals surface area contributed by atoms with Crippen LogP contribution in [-0.2, 0) is 21.5 Å². The number of carbonyl (C=O) groups excluding carboxylic acids is 2. The Balaban J connectivity index is 1.55. The third-order valence-corrected chi connectivity index (χ3v) is 7.28. The normalized spacial score (nSPS) is 15.1. The summed E-state index contributed by atoms with van der Waals surface area (Å²) in [5.41, 5.74) is 1.20. The number of rotatable bonds is 7. The summed E-state index contributed by atoms with van der Waals surface area (Å²) >= 11 is 6.77. The third-order valence-electron chi connectivity index (χ3n) is 4.89. The maximum absolute atomic E-state index is 13.1. The van der Waals surface area contributed by atoms with E-state index in [0.717, 1.165) is 40.9 Å². The first-order chi connectivity index (χ1) is 16.7. The van der Waals surface area contributed by atoms with E-state index in [1.54, 1.807) is 24.3 Å². The van der Waals surface area contributed by atoms with Gasteiger partial charge in [0, 0.05) is 5.02 Å². The van der Waals surface area contributed by atoms with E-state index >= 15 is 0 Å². The molecule has 4 rings (SSSR count). The van der Waals surface area contributed by atoms with Gasteiger partial charge in [-0.05, 0) is 77.5 Å². The van der Waals surface area contributed by atoms with E-state index in [4.69, 9.17) is 20.5 Å². The summed E-state index contributed by atoms with van der Waals surface area (Å²) in [5, 5.41) is 0.0828. The number of thioether (sulfide) groups is 1. The fourth-order valence-electron chi connectivity index (χ4n) is 3.22. The van der Waals surface area contributed by atoms with Crippen LogP contribution in [0.5, 0.6) is 11.5 Å². The van der Waals surface area contributed by atoms with Gasteiger partial charge in [0.15, 0.2) is 11.5 Å². The van der Waals surface area contributed by atoms with Crippen LogP contribution in [0, 0.1) is 5.82 Å². The molecule has 1 fully saturated rings. The van der Waals surface area contributed by atoms with Crippen LogP contribution in [-0.4, -0.2) is 31.6 Å². The molecule has 1 aliphatic heterocycles. The number of methoxy groups -OCH3 is 1. The highest BCUT2D eigenvalue weighted by Gasteiger charge is 2.35. The molecule has 0 radical (unpaired) electrons. The van der Waals surface area contributed by atoms with Crippen LogP contribution < -0.4 is 8.92 Å². The van der Waals surface area contributed by atoms with Gasteiger partial charge in [-0.3, -0.25) is 14.5 Å². The van der Waals surface area contributed by atoms with E-state index < -0.39 is 27.1 Å². The van der Waals surface area contributed by atoms with Crippen LogP contribution in [0.1, 0.15) is 11.1 Å². The molecule has 0 spiro atoms. The summed E-state index contributed by atoms with van der Waals surface area (Å²) in [7, 11) is -2.91. The van der Waals surface area contributed by atoms with Gasteiger partial charge < -0.3 is 8.92 Å². The monoisotopic (exact) mass is 533 g/mol. The van der Waals surface area contributed by atoms with E-state index in [-0.39, 0.29) is 27.8 Å². The van der Waals surface area contributed by atoms with Crippen molar-refractivity contribution in [3.8, 4) is 11.5 Å². The van der Waals surface area contributed by atoms with Gasteiger partial charge in [-0.25, -0.2) is 4.39 Å². The number of nitrogens with zero attached hydrogens (tertiary/aromatic N) is 1. The molecule has 3 aromatic rings. The average Bonchev–Trinajstić information content (AvgIpc) is 3.07. The molecule has 0 atom stereocenters. The summed E-state index contributed by atoms with van der Waals surface area (Å²) in [6.45, 7) is 0.0832. The van der Waals surface area contributed by atoms with Gasteiger partial charge >= 0.3 is 10.1 Å². The molecule has 1 saturated heterocycles. The van der Waals surface area contributed by atoms with Gasteiger partial charge in [0.2, 0.25) is 0 Å². The zero-order valence-corrected chi connectivity index (χ0v) is 20.5. The molecule has 7 nitrogen and oxygen atoms in total.